The van der Waals surface area contributed by atoms with Gasteiger partial charge in [-0.05, 0) is 25.0 Å². The third-order valence-corrected chi connectivity index (χ3v) is 5.97. The van der Waals surface area contributed by atoms with Crippen LogP contribution in [0.3, 0.4) is 0 Å². The molecule has 1 aliphatic carbocycles. The second kappa shape index (κ2) is 14.0. The fraction of sp³-hybridized carbons (Fsp3) is 0.591. The van der Waals surface area contributed by atoms with E-state index < -0.39 is 5.97 Å². The van der Waals surface area contributed by atoms with Crippen LogP contribution < -0.4 is 10.6 Å². The van der Waals surface area contributed by atoms with Crippen molar-refractivity contribution in [1.29, 1.82) is 0 Å². The van der Waals surface area contributed by atoms with E-state index in [4.69, 9.17) is 9.47 Å². The summed E-state index contributed by atoms with van der Waals surface area (Å²) in [5, 5.41) is 5.72. The summed E-state index contributed by atoms with van der Waals surface area (Å²) in [6.07, 6.45) is 8.15. The predicted molar refractivity (Wildman–Crippen MR) is 117 cm³/mol. The molecule has 0 atom stereocenters. The molecule has 0 aromatic heterocycles. The van der Waals surface area contributed by atoms with Crippen molar-refractivity contribution in [1.82, 2.24) is 10.6 Å². The maximum atomic E-state index is 12.4. The zero-order chi connectivity index (χ0) is 21.6. The lowest BCUT2D eigenvalue weighted by Gasteiger charge is -2.21. The monoisotopic (exact) mass is 436 g/mol. The van der Waals surface area contributed by atoms with Gasteiger partial charge in [-0.25, -0.2) is 4.79 Å². The molecule has 7 nitrogen and oxygen atoms in total. The maximum Gasteiger partial charge on any atom is 0.339 e. The molecule has 2 N–H and O–H groups in total. The molecule has 1 fully saturated rings. The van der Waals surface area contributed by atoms with Gasteiger partial charge in [0.2, 0.25) is 5.91 Å². The normalized spacial score (nSPS) is 15.0. The van der Waals surface area contributed by atoms with Gasteiger partial charge in [-0.2, -0.15) is 0 Å². The molecular weight excluding hydrogens is 404 g/mol. The minimum Gasteiger partial charge on any atom is -0.452 e. The highest BCUT2D eigenvalue weighted by Crippen LogP contribution is 2.24. The van der Waals surface area contributed by atoms with Gasteiger partial charge in [0.05, 0.1) is 17.9 Å². The highest BCUT2D eigenvalue weighted by molar-refractivity contribution is 8.00. The largest absolute Gasteiger partial charge is 0.452 e. The number of rotatable bonds is 10. The van der Waals surface area contributed by atoms with Crippen molar-refractivity contribution in [3.05, 3.63) is 29.8 Å². The van der Waals surface area contributed by atoms with Crippen molar-refractivity contribution in [2.45, 2.75) is 55.9 Å². The van der Waals surface area contributed by atoms with Crippen LogP contribution in [0.2, 0.25) is 0 Å². The molecule has 0 bridgehead atoms. The molecule has 0 radical (unpaired) electrons. The number of hydrogen-bond acceptors (Lipinski definition) is 6. The number of amides is 2. The molecule has 8 heteroatoms. The average molecular weight is 437 g/mol. The first-order chi connectivity index (χ1) is 14.6. The molecule has 30 heavy (non-hydrogen) atoms. The van der Waals surface area contributed by atoms with E-state index in [0.717, 1.165) is 25.7 Å². The second-order valence-corrected chi connectivity index (χ2v) is 8.33. The highest BCUT2D eigenvalue weighted by atomic mass is 32.2. The third kappa shape index (κ3) is 9.17. The molecule has 1 aliphatic rings. The number of thioether (sulfide) groups is 1. The maximum absolute atomic E-state index is 12.4. The van der Waals surface area contributed by atoms with E-state index in [2.05, 4.69) is 10.6 Å². The average Bonchev–Trinajstić information content (AvgIpc) is 2.73. The first-order valence-electron chi connectivity index (χ1n) is 10.5. The first-order valence-corrected chi connectivity index (χ1v) is 11.5. The molecule has 0 heterocycles. The molecule has 166 valence electrons. The van der Waals surface area contributed by atoms with Crippen LogP contribution in [0, 0.1) is 0 Å². The van der Waals surface area contributed by atoms with Gasteiger partial charge in [0.1, 0.15) is 0 Å². The summed E-state index contributed by atoms with van der Waals surface area (Å²) in [6.45, 7) is 0.390. The van der Waals surface area contributed by atoms with Gasteiger partial charge in [-0.1, -0.05) is 44.2 Å². The summed E-state index contributed by atoms with van der Waals surface area (Å²) >= 11 is 1.30. The van der Waals surface area contributed by atoms with E-state index in [9.17, 15) is 14.4 Å². The highest BCUT2D eigenvalue weighted by Gasteiger charge is 2.17. The van der Waals surface area contributed by atoms with Crippen LogP contribution in [0.4, 0.5) is 0 Å². The van der Waals surface area contributed by atoms with Gasteiger partial charge in [-0.3, -0.25) is 9.59 Å². The zero-order valence-corrected chi connectivity index (χ0v) is 18.4. The zero-order valence-electron chi connectivity index (χ0n) is 17.6. The van der Waals surface area contributed by atoms with Gasteiger partial charge in [0, 0.05) is 24.6 Å². The smallest absolute Gasteiger partial charge is 0.339 e. The van der Waals surface area contributed by atoms with Crippen LogP contribution in [-0.4, -0.2) is 56.4 Å². The minimum absolute atomic E-state index is 0.0220. The lowest BCUT2D eigenvalue weighted by Crippen LogP contribution is -2.36. The first kappa shape index (κ1) is 24.2. The fourth-order valence-electron chi connectivity index (χ4n) is 3.33. The number of hydrogen-bond donors (Lipinski definition) is 2. The summed E-state index contributed by atoms with van der Waals surface area (Å²) in [5.41, 5.74) is 0.353. The number of nitrogens with one attached hydrogen (secondary N) is 2. The Bertz CT molecular complexity index is 690. The van der Waals surface area contributed by atoms with Crippen molar-refractivity contribution in [3.63, 3.8) is 0 Å². The van der Waals surface area contributed by atoms with Crippen LogP contribution in [0.1, 0.15) is 55.3 Å². The van der Waals surface area contributed by atoms with Crippen LogP contribution in [0.25, 0.3) is 0 Å². The lowest BCUT2D eigenvalue weighted by molar-refractivity contribution is -0.124. The minimum atomic E-state index is -0.583. The van der Waals surface area contributed by atoms with Crippen molar-refractivity contribution < 1.29 is 23.9 Å². The summed E-state index contributed by atoms with van der Waals surface area (Å²) in [5.74, 6) is -0.756. The third-order valence-electron chi connectivity index (χ3n) is 4.90. The van der Waals surface area contributed by atoms with Crippen molar-refractivity contribution in [2.75, 3.05) is 32.6 Å². The molecule has 2 amide bonds. The number of ether oxygens (including phenoxy) is 2. The lowest BCUT2D eigenvalue weighted by atomic mass is 9.97. The van der Waals surface area contributed by atoms with E-state index in [1.54, 1.807) is 25.3 Å². The van der Waals surface area contributed by atoms with E-state index in [0.29, 0.717) is 23.6 Å². The molecule has 0 unspecified atom stereocenters. The molecule has 1 saturated carbocycles. The van der Waals surface area contributed by atoms with Crippen LogP contribution in [-0.2, 0) is 19.1 Å². The van der Waals surface area contributed by atoms with Crippen LogP contribution >= 0.6 is 11.8 Å². The van der Waals surface area contributed by atoms with Crippen molar-refractivity contribution in [3.8, 4) is 0 Å². The van der Waals surface area contributed by atoms with Gasteiger partial charge >= 0.3 is 5.97 Å². The topological polar surface area (TPSA) is 93.7 Å². The quantitative estimate of drug-likeness (QED) is 0.333. The Morgan fingerprint density at radius 2 is 1.73 bits per heavy atom. The fourth-order valence-corrected chi connectivity index (χ4v) is 4.18. The Labute approximate surface area is 182 Å². The van der Waals surface area contributed by atoms with Gasteiger partial charge in [0.25, 0.3) is 5.91 Å². The SMILES string of the molecule is COCCNC(=O)COC(=O)c1ccccc1SCC(=O)NC1CCCCCCC1. The molecule has 0 saturated heterocycles. The van der Waals surface area contributed by atoms with Crippen LogP contribution in [0.5, 0.6) is 0 Å². The standard InChI is InChI=1S/C22H32N2O5S/c1-28-14-13-23-20(25)15-29-22(27)18-11-7-8-12-19(18)30-16-21(26)24-17-9-5-3-2-4-6-10-17/h7-8,11-12,17H,2-6,9-10,13-16H2,1H3,(H,23,25)(H,24,26). The Kier molecular flexibility index (Phi) is 11.3. The summed E-state index contributed by atoms with van der Waals surface area (Å²) in [6, 6.07) is 7.20. The number of benzene rings is 1. The Morgan fingerprint density at radius 1 is 1.03 bits per heavy atom. The predicted octanol–water partition coefficient (Wildman–Crippen LogP) is 2.93. The van der Waals surface area contributed by atoms with Crippen molar-refractivity contribution in [2.24, 2.45) is 0 Å². The molecular formula is C22H32N2O5S. The summed E-state index contributed by atoms with van der Waals surface area (Å²) in [4.78, 5) is 37.1. The van der Waals surface area contributed by atoms with Crippen molar-refractivity contribution >= 4 is 29.5 Å². The van der Waals surface area contributed by atoms with E-state index in [-0.39, 0.29) is 30.2 Å². The van der Waals surface area contributed by atoms with Gasteiger partial charge < -0.3 is 20.1 Å². The molecule has 1 aromatic carbocycles. The van der Waals surface area contributed by atoms with Gasteiger partial charge in [-0.15, -0.1) is 11.8 Å². The number of carbonyl (C=O) groups is 3. The summed E-state index contributed by atoms with van der Waals surface area (Å²) in [7, 11) is 1.54. The van der Waals surface area contributed by atoms with E-state index in [1.807, 2.05) is 6.07 Å². The molecule has 0 spiro atoms. The Hall–Kier alpha value is -2.06. The molecule has 1 aromatic rings. The van der Waals surface area contributed by atoms with E-state index >= 15 is 0 Å². The van der Waals surface area contributed by atoms with E-state index in [1.165, 1.54) is 31.0 Å². The molecule has 0 aliphatic heterocycles. The Morgan fingerprint density at radius 3 is 2.47 bits per heavy atom. The molecule has 2 rings (SSSR count). The summed E-state index contributed by atoms with van der Waals surface area (Å²) < 4.78 is 9.96. The Balaban J connectivity index is 1.81. The van der Waals surface area contributed by atoms with Crippen LogP contribution in [0.15, 0.2) is 29.2 Å². The number of esters is 1. The van der Waals surface area contributed by atoms with Gasteiger partial charge in [0.15, 0.2) is 6.61 Å². The second-order valence-electron chi connectivity index (χ2n) is 7.31. The number of methoxy groups -OCH3 is 1. The number of carbonyl (C=O) groups excluding carboxylic acids is 3.